The Morgan fingerprint density at radius 3 is 2.65 bits per heavy atom. The van der Waals surface area contributed by atoms with E-state index in [1.165, 1.54) is 39.0 Å². The monoisotopic (exact) mass is 238 g/mol. The van der Waals surface area contributed by atoms with Crippen LogP contribution in [0.25, 0.3) is 0 Å². The molecule has 0 radical (unpaired) electrons. The van der Waals surface area contributed by atoms with Gasteiger partial charge in [0.25, 0.3) is 0 Å². The van der Waals surface area contributed by atoms with Gasteiger partial charge >= 0.3 is 0 Å². The first kappa shape index (κ1) is 11.9. The molecule has 3 aliphatic rings. The maximum absolute atomic E-state index is 6.58. The third-order valence-corrected chi connectivity index (χ3v) is 5.21. The zero-order chi connectivity index (χ0) is 11.9. The molecule has 4 heteroatoms. The van der Waals surface area contributed by atoms with Gasteiger partial charge in [0.1, 0.15) is 0 Å². The van der Waals surface area contributed by atoms with Crippen molar-refractivity contribution < 1.29 is 0 Å². The molecule has 98 valence electrons. The number of nitrogens with two attached hydrogens (primary N) is 1. The molecule has 0 amide bonds. The predicted octanol–water partition coefficient (Wildman–Crippen LogP) is -0.391. The highest BCUT2D eigenvalue weighted by atomic mass is 15.3. The quantitative estimate of drug-likeness (QED) is 0.613. The van der Waals surface area contributed by atoms with Crippen molar-refractivity contribution in [3.8, 4) is 0 Å². The summed E-state index contributed by atoms with van der Waals surface area (Å²) in [7, 11) is 0. The molecular weight excluding hydrogens is 212 g/mol. The molecule has 2 unspecified atom stereocenters. The summed E-state index contributed by atoms with van der Waals surface area (Å²) >= 11 is 0. The highest BCUT2D eigenvalue weighted by Gasteiger charge is 2.55. The fraction of sp³-hybridized carbons (Fsp3) is 1.00. The van der Waals surface area contributed by atoms with E-state index in [9.17, 15) is 0 Å². The van der Waals surface area contributed by atoms with Crippen molar-refractivity contribution in [1.82, 2.24) is 15.5 Å². The van der Waals surface area contributed by atoms with Gasteiger partial charge in [-0.1, -0.05) is 6.92 Å². The molecule has 0 spiro atoms. The molecule has 4 nitrogen and oxygen atoms in total. The maximum atomic E-state index is 6.58. The molecule has 0 aromatic carbocycles. The van der Waals surface area contributed by atoms with Crippen LogP contribution in [0.1, 0.15) is 19.8 Å². The van der Waals surface area contributed by atoms with Gasteiger partial charge in [-0.2, -0.15) is 0 Å². The molecular formula is C13H26N4. The number of hydrogen-bond acceptors (Lipinski definition) is 4. The van der Waals surface area contributed by atoms with Gasteiger partial charge in [0.05, 0.1) is 0 Å². The van der Waals surface area contributed by atoms with Gasteiger partial charge in [-0.05, 0) is 31.8 Å². The standard InChI is InChI=1S/C13H26N4/c1-12-7-16-8-13(12,14)10-17(9-12)6-11-2-4-15-5-3-11/h11,15-16H,2-10,14H2,1H3. The first-order valence-corrected chi connectivity index (χ1v) is 7.04. The Bertz CT molecular complexity index is 271. The average molecular weight is 238 g/mol. The number of nitrogens with one attached hydrogen (secondary N) is 2. The number of hydrogen-bond donors (Lipinski definition) is 3. The molecule has 3 aliphatic heterocycles. The van der Waals surface area contributed by atoms with Crippen LogP contribution in [-0.4, -0.2) is 56.3 Å². The number of piperidine rings is 1. The Balaban J connectivity index is 1.60. The molecule has 3 saturated heterocycles. The summed E-state index contributed by atoms with van der Waals surface area (Å²) in [6.45, 7) is 10.4. The van der Waals surface area contributed by atoms with Crippen molar-refractivity contribution in [3.63, 3.8) is 0 Å². The molecule has 0 aromatic rings. The number of rotatable bonds is 2. The third-order valence-electron chi connectivity index (χ3n) is 5.21. The molecule has 0 aliphatic carbocycles. The summed E-state index contributed by atoms with van der Waals surface area (Å²) in [5, 5.41) is 6.91. The van der Waals surface area contributed by atoms with Gasteiger partial charge in [0.2, 0.25) is 0 Å². The van der Waals surface area contributed by atoms with Crippen molar-refractivity contribution >= 4 is 0 Å². The number of likely N-dealkylation sites (tertiary alicyclic amines) is 1. The summed E-state index contributed by atoms with van der Waals surface area (Å²) in [5.74, 6) is 0.884. The Morgan fingerprint density at radius 2 is 1.94 bits per heavy atom. The first-order chi connectivity index (χ1) is 8.11. The van der Waals surface area contributed by atoms with Crippen LogP contribution in [0.2, 0.25) is 0 Å². The second-order valence-corrected chi connectivity index (χ2v) is 6.68. The van der Waals surface area contributed by atoms with Crippen molar-refractivity contribution in [2.75, 3.05) is 45.8 Å². The van der Waals surface area contributed by atoms with E-state index in [1.54, 1.807) is 0 Å². The van der Waals surface area contributed by atoms with E-state index >= 15 is 0 Å². The Morgan fingerprint density at radius 1 is 1.18 bits per heavy atom. The molecule has 0 saturated carbocycles. The lowest BCUT2D eigenvalue weighted by molar-refractivity contribution is 0.216. The zero-order valence-corrected chi connectivity index (χ0v) is 11.0. The summed E-state index contributed by atoms with van der Waals surface area (Å²) in [5.41, 5.74) is 6.88. The minimum atomic E-state index is 0.0138. The SMILES string of the molecule is CC12CNCC1(N)CN(CC1CCNCC1)C2. The molecule has 0 bridgehead atoms. The molecule has 3 heterocycles. The van der Waals surface area contributed by atoms with Crippen molar-refractivity contribution in [3.05, 3.63) is 0 Å². The van der Waals surface area contributed by atoms with Crippen molar-refractivity contribution in [2.24, 2.45) is 17.1 Å². The Hall–Kier alpha value is -0.160. The fourth-order valence-corrected chi connectivity index (χ4v) is 3.92. The second-order valence-electron chi connectivity index (χ2n) is 6.68. The second kappa shape index (κ2) is 4.19. The zero-order valence-electron chi connectivity index (χ0n) is 11.0. The van der Waals surface area contributed by atoms with Crippen LogP contribution in [-0.2, 0) is 0 Å². The molecule has 3 rings (SSSR count). The Labute approximate surface area is 104 Å². The minimum absolute atomic E-state index is 0.0138. The average Bonchev–Trinajstić information content (AvgIpc) is 2.67. The van der Waals surface area contributed by atoms with E-state index in [0.717, 1.165) is 25.6 Å². The van der Waals surface area contributed by atoms with E-state index in [1.807, 2.05) is 0 Å². The normalized spacial score (nSPS) is 44.1. The summed E-state index contributed by atoms with van der Waals surface area (Å²) in [6.07, 6.45) is 2.67. The number of fused-ring (bicyclic) bond motifs is 1. The van der Waals surface area contributed by atoms with E-state index in [0.29, 0.717) is 5.41 Å². The maximum Gasteiger partial charge on any atom is 0.0488 e. The lowest BCUT2D eigenvalue weighted by atomic mass is 9.77. The summed E-state index contributed by atoms with van der Waals surface area (Å²) in [6, 6.07) is 0. The smallest absolute Gasteiger partial charge is 0.0488 e. The van der Waals surface area contributed by atoms with Gasteiger partial charge in [-0.25, -0.2) is 0 Å². The largest absolute Gasteiger partial charge is 0.322 e. The summed E-state index contributed by atoms with van der Waals surface area (Å²) < 4.78 is 0. The lowest BCUT2D eigenvalue weighted by Crippen LogP contribution is -2.53. The van der Waals surface area contributed by atoms with Crippen LogP contribution in [0.3, 0.4) is 0 Å². The van der Waals surface area contributed by atoms with Gasteiger partial charge in [-0.15, -0.1) is 0 Å². The van der Waals surface area contributed by atoms with E-state index in [2.05, 4.69) is 22.5 Å². The third kappa shape index (κ3) is 2.01. The molecule has 17 heavy (non-hydrogen) atoms. The highest BCUT2D eigenvalue weighted by Crippen LogP contribution is 2.40. The van der Waals surface area contributed by atoms with Gasteiger partial charge < -0.3 is 21.3 Å². The predicted molar refractivity (Wildman–Crippen MR) is 69.9 cm³/mol. The van der Waals surface area contributed by atoms with E-state index in [-0.39, 0.29) is 5.54 Å². The van der Waals surface area contributed by atoms with Crippen LogP contribution < -0.4 is 16.4 Å². The van der Waals surface area contributed by atoms with Crippen LogP contribution in [0, 0.1) is 11.3 Å². The molecule has 3 fully saturated rings. The van der Waals surface area contributed by atoms with Crippen LogP contribution in [0.15, 0.2) is 0 Å². The highest BCUT2D eigenvalue weighted by molar-refractivity contribution is 5.15. The van der Waals surface area contributed by atoms with Gasteiger partial charge in [-0.3, -0.25) is 0 Å². The van der Waals surface area contributed by atoms with E-state index < -0.39 is 0 Å². The van der Waals surface area contributed by atoms with E-state index in [4.69, 9.17) is 5.73 Å². The van der Waals surface area contributed by atoms with Crippen LogP contribution in [0.5, 0.6) is 0 Å². The molecule has 0 aromatic heterocycles. The van der Waals surface area contributed by atoms with Crippen LogP contribution >= 0.6 is 0 Å². The summed E-state index contributed by atoms with van der Waals surface area (Å²) in [4.78, 5) is 2.62. The van der Waals surface area contributed by atoms with Gasteiger partial charge in [0.15, 0.2) is 0 Å². The topological polar surface area (TPSA) is 53.3 Å². The lowest BCUT2D eigenvalue weighted by Gasteiger charge is -2.31. The minimum Gasteiger partial charge on any atom is -0.322 e. The number of nitrogens with zero attached hydrogens (tertiary/aromatic N) is 1. The van der Waals surface area contributed by atoms with Crippen molar-refractivity contribution in [2.45, 2.75) is 25.3 Å². The molecule has 2 atom stereocenters. The van der Waals surface area contributed by atoms with Crippen LogP contribution in [0.4, 0.5) is 0 Å². The van der Waals surface area contributed by atoms with Crippen molar-refractivity contribution in [1.29, 1.82) is 0 Å². The molecule has 4 N–H and O–H groups in total. The Kier molecular flexibility index (Phi) is 2.94. The fourth-order valence-electron chi connectivity index (χ4n) is 3.92. The van der Waals surface area contributed by atoms with Gasteiger partial charge in [0, 0.05) is 43.7 Å². The first-order valence-electron chi connectivity index (χ1n) is 7.04.